The summed E-state index contributed by atoms with van der Waals surface area (Å²) < 4.78 is 5.05. The fourth-order valence-corrected chi connectivity index (χ4v) is 2.06. The molecule has 30 heavy (non-hydrogen) atoms. The van der Waals surface area contributed by atoms with Crippen LogP contribution in [0.3, 0.4) is 0 Å². The normalized spacial score (nSPS) is 10.8. The lowest BCUT2D eigenvalue weighted by atomic mass is 10.2. The van der Waals surface area contributed by atoms with Gasteiger partial charge in [-0.05, 0) is 24.3 Å². The number of rotatable bonds is 8. The summed E-state index contributed by atoms with van der Waals surface area (Å²) in [7, 11) is 4.34. The van der Waals surface area contributed by atoms with E-state index in [9.17, 15) is 30.2 Å². The van der Waals surface area contributed by atoms with E-state index in [0.717, 1.165) is 11.1 Å². The first kappa shape index (κ1) is 21.8. The lowest BCUT2D eigenvalue weighted by molar-refractivity contribution is -0.695. The lowest BCUT2D eigenvalue weighted by Gasteiger charge is -2.08. The molecule has 14 heteroatoms. The Kier molecular flexibility index (Phi) is 6.64. The monoisotopic (exact) mass is 420 g/mol. The zero-order valence-electron chi connectivity index (χ0n) is 16.0. The maximum atomic E-state index is 12.3. The maximum Gasteiger partial charge on any atom is 0.343 e. The summed E-state index contributed by atoms with van der Waals surface area (Å²) >= 11 is 0. The number of nitrogens with one attached hydrogen (secondary N) is 1. The Morgan fingerprint density at radius 1 is 1.00 bits per heavy atom. The molecule has 1 N–H and O–H groups in total. The molecule has 0 aliphatic rings. The van der Waals surface area contributed by atoms with Crippen molar-refractivity contribution >= 4 is 23.0 Å². The van der Waals surface area contributed by atoms with Crippen LogP contribution in [0.1, 0.15) is 10.4 Å². The molecule has 0 heterocycles. The van der Waals surface area contributed by atoms with Gasteiger partial charge in [-0.3, -0.25) is 25.1 Å². The minimum atomic E-state index is -0.968. The molecule has 0 aliphatic carbocycles. The van der Waals surface area contributed by atoms with Crippen molar-refractivity contribution in [3.8, 4) is 11.5 Å². The summed E-state index contributed by atoms with van der Waals surface area (Å²) in [4.78, 5) is 37.7. The Labute approximate surface area is 168 Å². The fraction of sp³-hybridized carbons (Fsp3) is 0.188. The van der Waals surface area contributed by atoms with Gasteiger partial charge in [0.2, 0.25) is 16.8 Å². The van der Waals surface area contributed by atoms with E-state index in [1.165, 1.54) is 26.2 Å². The van der Waals surface area contributed by atoms with Crippen LogP contribution in [0.2, 0.25) is 0 Å². The summed E-state index contributed by atoms with van der Waals surface area (Å²) in [6.07, 6.45) is 0. The molecule has 0 aliphatic heterocycles. The summed E-state index contributed by atoms with van der Waals surface area (Å²) in [5.74, 6) is -2.21. The van der Waals surface area contributed by atoms with Crippen LogP contribution in [0.4, 0.5) is 17.1 Å². The van der Waals surface area contributed by atoms with E-state index in [-0.39, 0.29) is 10.5 Å². The number of esters is 1. The molecule has 2 aromatic carbocycles. The largest absolute Gasteiger partial charge is 0.569 e. The van der Waals surface area contributed by atoms with Crippen molar-refractivity contribution in [1.82, 2.24) is 5.01 Å². The number of anilines is 1. The molecule has 0 radical (unpaired) electrons. The van der Waals surface area contributed by atoms with E-state index in [1.54, 1.807) is 19.2 Å². The van der Waals surface area contributed by atoms with Crippen LogP contribution in [0.5, 0.6) is 11.5 Å². The van der Waals surface area contributed by atoms with Gasteiger partial charge in [-0.2, -0.15) is 5.01 Å². The summed E-state index contributed by atoms with van der Waals surface area (Å²) in [5.41, 5.74) is -0.906. The second-order valence-electron chi connectivity index (χ2n) is 5.79. The van der Waals surface area contributed by atoms with Crippen LogP contribution in [-0.2, 0) is 0 Å². The molecule has 158 valence electrons. The SMILES string of the molecule is CNc1ccc(C(=O)Oc2cc(O/N=[N+](/[O-])N(C)C)c([N+](=O)[O-])cc2[N+](=O)[O-])cc1. The van der Waals surface area contributed by atoms with Crippen molar-refractivity contribution in [2.24, 2.45) is 5.28 Å². The first-order valence-corrected chi connectivity index (χ1v) is 8.13. The summed E-state index contributed by atoms with van der Waals surface area (Å²) in [6, 6.07) is 7.29. The predicted molar refractivity (Wildman–Crippen MR) is 101 cm³/mol. The molecule has 2 aromatic rings. The number of benzene rings is 2. The van der Waals surface area contributed by atoms with Crippen LogP contribution in [-0.4, -0.2) is 46.9 Å². The molecule has 2 rings (SSSR count). The van der Waals surface area contributed by atoms with Crippen LogP contribution < -0.4 is 14.9 Å². The Hall–Kier alpha value is -4.49. The van der Waals surface area contributed by atoms with Crippen molar-refractivity contribution in [1.29, 1.82) is 0 Å². The predicted octanol–water partition coefficient (Wildman–Crippen LogP) is 2.50. The van der Waals surface area contributed by atoms with Gasteiger partial charge >= 0.3 is 17.3 Å². The van der Waals surface area contributed by atoms with Crippen LogP contribution in [0, 0.1) is 25.4 Å². The molecule has 0 saturated carbocycles. The average Bonchev–Trinajstić information content (AvgIpc) is 2.71. The molecule has 0 aromatic heterocycles. The maximum absolute atomic E-state index is 12.3. The van der Waals surface area contributed by atoms with Gasteiger partial charge in [-0.15, -0.1) is 0 Å². The van der Waals surface area contributed by atoms with E-state index >= 15 is 0 Å². The minimum Gasteiger partial charge on any atom is -0.569 e. The van der Waals surface area contributed by atoms with Crippen LogP contribution in [0.15, 0.2) is 41.7 Å². The Morgan fingerprint density at radius 2 is 1.57 bits per heavy atom. The molecule has 0 bridgehead atoms. The first-order valence-electron chi connectivity index (χ1n) is 8.13. The fourth-order valence-electron chi connectivity index (χ4n) is 2.06. The average molecular weight is 420 g/mol. The van der Waals surface area contributed by atoms with Gasteiger partial charge in [0.05, 0.1) is 34.5 Å². The van der Waals surface area contributed by atoms with E-state index in [0.29, 0.717) is 11.8 Å². The third-order valence-electron chi connectivity index (χ3n) is 3.60. The highest BCUT2D eigenvalue weighted by Gasteiger charge is 2.29. The van der Waals surface area contributed by atoms with E-state index in [4.69, 9.17) is 9.57 Å². The van der Waals surface area contributed by atoms with Crippen molar-refractivity contribution in [2.45, 2.75) is 0 Å². The number of hydrogen-bond acceptors (Lipinski definition) is 10. The van der Waals surface area contributed by atoms with Gasteiger partial charge in [0.15, 0.2) is 0 Å². The quantitative estimate of drug-likeness (QED) is 0.167. The topological polar surface area (TPSA) is 176 Å². The highest BCUT2D eigenvalue weighted by molar-refractivity contribution is 5.92. The molecular weight excluding hydrogens is 404 g/mol. The highest BCUT2D eigenvalue weighted by atomic mass is 16.7. The van der Waals surface area contributed by atoms with Gasteiger partial charge in [0.1, 0.15) is 6.07 Å². The molecule has 0 fully saturated rings. The molecule has 14 nitrogen and oxygen atoms in total. The Balaban J connectivity index is 2.46. The van der Waals surface area contributed by atoms with Crippen LogP contribution >= 0.6 is 0 Å². The third kappa shape index (κ3) is 5.06. The Bertz CT molecular complexity index is 1010. The second-order valence-corrected chi connectivity index (χ2v) is 5.79. The van der Waals surface area contributed by atoms with Crippen molar-refractivity contribution in [2.75, 3.05) is 26.5 Å². The van der Waals surface area contributed by atoms with E-state index < -0.39 is 38.7 Å². The molecule has 0 spiro atoms. The number of nitrogens with zero attached hydrogens (tertiary/aromatic N) is 5. The van der Waals surface area contributed by atoms with Crippen LogP contribution in [0.25, 0.3) is 0 Å². The number of hydrogen-bond donors (Lipinski definition) is 1. The Morgan fingerprint density at radius 3 is 2.07 bits per heavy atom. The third-order valence-corrected chi connectivity index (χ3v) is 3.60. The summed E-state index contributed by atoms with van der Waals surface area (Å²) in [5, 5.41) is 40.9. The van der Waals surface area contributed by atoms with E-state index in [2.05, 4.69) is 10.6 Å². The smallest absolute Gasteiger partial charge is 0.343 e. The minimum absolute atomic E-state index is 0.0276. The van der Waals surface area contributed by atoms with Gasteiger partial charge in [-0.25, -0.2) is 4.79 Å². The van der Waals surface area contributed by atoms with Crippen molar-refractivity contribution in [3.63, 3.8) is 0 Å². The zero-order chi connectivity index (χ0) is 22.4. The van der Waals surface area contributed by atoms with Crippen molar-refractivity contribution < 1.29 is 29.2 Å². The molecule has 0 saturated heterocycles. The second kappa shape index (κ2) is 9.13. The van der Waals surface area contributed by atoms with Crippen molar-refractivity contribution in [3.05, 3.63) is 67.4 Å². The number of nitro groups is 2. The molecule has 0 amide bonds. The summed E-state index contributed by atoms with van der Waals surface area (Å²) in [6.45, 7) is 0. The van der Waals surface area contributed by atoms with Gasteiger partial charge < -0.3 is 15.3 Å². The van der Waals surface area contributed by atoms with Gasteiger partial charge in [-0.1, -0.05) is 0 Å². The van der Waals surface area contributed by atoms with Gasteiger partial charge in [0, 0.05) is 18.8 Å². The highest BCUT2D eigenvalue weighted by Crippen LogP contribution is 2.39. The number of carbonyl (C=O) groups excluding carboxylic acids is 1. The molecule has 0 atom stereocenters. The van der Waals surface area contributed by atoms with E-state index in [1.807, 2.05) is 0 Å². The van der Waals surface area contributed by atoms with Gasteiger partial charge in [0.25, 0.3) is 0 Å². The number of carbonyl (C=O) groups is 1. The number of nitro benzene ring substituents is 2. The number of hydrazine groups is 1. The zero-order valence-corrected chi connectivity index (χ0v) is 16.0. The first-order chi connectivity index (χ1) is 14.1. The lowest BCUT2D eigenvalue weighted by Crippen LogP contribution is -2.21. The molecular formula is C16H16N6O8. The standard InChI is InChI=1S/C16H16N6O8/c1-17-11-6-4-10(5-7-11)16(23)29-14-9-15(30-18-22(28)19(2)3)13(21(26)27)8-12(14)20(24)25/h4-9,17H,1-3H3/b22-18+. The molecule has 0 unspecified atom stereocenters. The number of ether oxygens (including phenoxy) is 1.